The zero-order chi connectivity index (χ0) is 30.6. The minimum absolute atomic E-state index is 0.181. The van der Waals surface area contributed by atoms with Crippen LogP contribution >= 0.6 is 0 Å². The molecule has 1 saturated heterocycles. The van der Waals surface area contributed by atoms with E-state index in [4.69, 9.17) is 4.98 Å². The van der Waals surface area contributed by atoms with Crippen LogP contribution in [0.5, 0.6) is 0 Å². The van der Waals surface area contributed by atoms with Crippen molar-refractivity contribution in [1.29, 1.82) is 0 Å². The van der Waals surface area contributed by atoms with Gasteiger partial charge in [0.05, 0.1) is 5.69 Å². The number of benzene rings is 4. The second kappa shape index (κ2) is 13.1. The smallest absolute Gasteiger partial charge is 0.323 e. The van der Waals surface area contributed by atoms with E-state index in [9.17, 15) is 4.79 Å². The number of amides is 2. The third-order valence-electron chi connectivity index (χ3n) is 8.99. The van der Waals surface area contributed by atoms with Gasteiger partial charge in [0, 0.05) is 61.8 Å². The largest absolute Gasteiger partial charge is 0.354 e. The molecule has 1 aromatic heterocycles. The van der Waals surface area contributed by atoms with Gasteiger partial charge >= 0.3 is 6.03 Å². The van der Waals surface area contributed by atoms with E-state index in [1.165, 1.54) is 11.1 Å². The van der Waals surface area contributed by atoms with Crippen molar-refractivity contribution in [3.63, 3.8) is 0 Å². The summed E-state index contributed by atoms with van der Waals surface area (Å²) in [5.74, 6) is 0.873. The first-order valence-electron chi connectivity index (χ1n) is 15.9. The normalized spacial score (nSPS) is 16.5. The van der Waals surface area contributed by atoms with Crippen molar-refractivity contribution in [2.24, 2.45) is 0 Å². The monoisotopic (exact) mass is 597 g/mol. The predicted molar refractivity (Wildman–Crippen MR) is 183 cm³/mol. The molecule has 0 radical (unpaired) electrons. The number of hydrogen-bond donors (Lipinski definition) is 3. The molecule has 7 rings (SSSR count). The van der Waals surface area contributed by atoms with E-state index in [-0.39, 0.29) is 11.9 Å². The number of nitrogens with zero attached hydrogens (tertiary/aromatic N) is 4. The Morgan fingerprint density at radius 3 is 2.42 bits per heavy atom. The average Bonchev–Trinajstić information content (AvgIpc) is 3.07. The minimum atomic E-state index is -0.268. The van der Waals surface area contributed by atoms with E-state index < -0.39 is 0 Å². The highest BCUT2D eigenvalue weighted by Crippen LogP contribution is 2.42. The van der Waals surface area contributed by atoms with Crippen molar-refractivity contribution in [2.75, 3.05) is 62.3 Å². The number of likely N-dealkylation sites (N-methyl/N-ethyl adjacent to an activating group) is 1. The molecule has 1 aliphatic heterocycles. The summed E-state index contributed by atoms with van der Waals surface area (Å²) in [6.45, 7) is 6.53. The number of nitrogens with one attached hydrogen (secondary N) is 3. The van der Waals surface area contributed by atoms with E-state index in [2.05, 4.69) is 80.2 Å². The maximum atomic E-state index is 12.8. The zero-order valence-corrected chi connectivity index (χ0v) is 25.7. The molecule has 5 aromatic rings. The number of aromatic nitrogens is 2. The second-order valence-electron chi connectivity index (χ2n) is 12.1. The second-order valence-corrected chi connectivity index (χ2v) is 12.1. The van der Waals surface area contributed by atoms with Gasteiger partial charge in [-0.2, -0.15) is 0 Å². The van der Waals surface area contributed by atoms with Gasteiger partial charge in [-0.3, -0.25) is 0 Å². The van der Waals surface area contributed by atoms with Crippen LogP contribution in [-0.2, 0) is 6.42 Å². The summed E-state index contributed by atoms with van der Waals surface area (Å²) < 4.78 is 0. The Bertz CT molecular complexity index is 1800. The molecule has 3 N–H and O–H groups in total. The highest BCUT2D eigenvalue weighted by Gasteiger charge is 2.27. The standard InChI is InChI=1S/C37H39N7O/c1-43-19-21-44(22-20-43)18-6-17-38-36-39-25-29-24-34(32-9-4-5-10-33(32)35(29)42-36)27-12-14-30(15-13-27)40-37(45)41-31-16-11-26-7-2-3-8-28(26)23-31/h2-5,7-16,23,25,34H,6,17-22,24H2,1H3,(H,38,39,42)(H2,40,41,45). The molecule has 45 heavy (non-hydrogen) atoms. The Balaban J connectivity index is 0.992. The highest BCUT2D eigenvalue weighted by atomic mass is 16.2. The average molecular weight is 598 g/mol. The molecule has 1 unspecified atom stereocenters. The molecule has 8 nitrogen and oxygen atoms in total. The van der Waals surface area contributed by atoms with E-state index >= 15 is 0 Å². The van der Waals surface area contributed by atoms with Gasteiger partial charge in [-0.05, 0) is 78.2 Å². The maximum Gasteiger partial charge on any atom is 0.323 e. The van der Waals surface area contributed by atoms with Crippen LogP contribution in [0.4, 0.5) is 22.1 Å². The number of anilines is 3. The fourth-order valence-corrected chi connectivity index (χ4v) is 6.45. The quantitative estimate of drug-likeness (QED) is 0.173. The number of hydrogen-bond acceptors (Lipinski definition) is 6. The molecule has 228 valence electrons. The summed E-state index contributed by atoms with van der Waals surface area (Å²) in [6, 6.07) is 30.5. The van der Waals surface area contributed by atoms with Crippen LogP contribution < -0.4 is 16.0 Å². The fourth-order valence-electron chi connectivity index (χ4n) is 6.45. The fraction of sp³-hybridized carbons (Fsp3) is 0.270. The van der Waals surface area contributed by atoms with Gasteiger partial charge in [0.15, 0.2) is 0 Å². The van der Waals surface area contributed by atoms with Gasteiger partial charge < -0.3 is 25.8 Å². The maximum absolute atomic E-state index is 12.8. The van der Waals surface area contributed by atoms with Gasteiger partial charge in [-0.1, -0.05) is 66.7 Å². The van der Waals surface area contributed by atoms with Gasteiger partial charge in [0.1, 0.15) is 0 Å². The Labute approximate surface area is 264 Å². The molecule has 1 atom stereocenters. The van der Waals surface area contributed by atoms with E-state index in [1.54, 1.807) is 0 Å². The number of urea groups is 1. The molecule has 4 aromatic carbocycles. The molecule has 2 amide bonds. The lowest BCUT2D eigenvalue weighted by atomic mass is 9.78. The van der Waals surface area contributed by atoms with Crippen molar-refractivity contribution in [2.45, 2.75) is 18.8 Å². The summed E-state index contributed by atoms with van der Waals surface area (Å²) in [5.41, 5.74) is 7.28. The minimum Gasteiger partial charge on any atom is -0.354 e. The van der Waals surface area contributed by atoms with Crippen LogP contribution in [0.1, 0.15) is 29.0 Å². The number of fused-ring (bicyclic) bond motifs is 4. The Kier molecular flexibility index (Phi) is 8.40. The molecular weight excluding hydrogens is 558 g/mol. The summed E-state index contributed by atoms with van der Waals surface area (Å²) in [5, 5.41) is 11.6. The molecule has 0 bridgehead atoms. The molecule has 0 saturated carbocycles. The molecule has 2 aliphatic rings. The Hall–Kier alpha value is -4.79. The third kappa shape index (κ3) is 6.67. The lowest BCUT2D eigenvalue weighted by molar-refractivity contribution is 0.154. The molecule has 8 heteroatoms. The first-order chi connectivity index (χ1) is 22.1. The Morgan fingerprint density at radius 1 is 0.844 bits per heavy atom. The van der Waals surface area contributed by atoms with Crippen LogP contribution in [0.3, 0.4) is 0 Å². The molecule has 2 heterocycles. The number of piperazine rings is 1. The third-order valence-corrected chi connectivity index (χ3v) is 8.99. The predicted octanol–water partition coefficient (Wildman–Crippen LogP) is 6.68. The van der Waals surface area contributed by atoms with Crippen molar-refractivity contribution in [1.82, 2.24) is 19.8 Å². The van der Waals surface area contributed by atoms with Crippen LogP contribution in [0.15, 0.2) is 97.2 Å². The SMILES string of the molecule is CN1CCN(CCCNc2ncc3c(n2)-c2ccccc2C(c2ccc(NC(=O)Nc4ccc5ccccc5c4)cc2)C3)CC1. The number of carbonyl (C=O) groups is 1. The van der Waals surface area contributed by atoms with Crippen LogP contribution in [0.25, 0.3) is 22.0 Å². The molecule has 1 aliphatic carbocycles. The van der Waals surface area contributed by atoms with Crippen molar-refractivity contribution in [3.8, 4) is 11.3 Å². The van der Waals surface area contributed by atoms with E-state index in [0.29, 0.717) is 5.95 Å². The highest BCUT2D eigenvalue weighted by molar-refractivity contribution is 6.01. The summed E-state index contributed by atoms with van der Waals surface area (Å²) in [4.78, 5) is 27.3. The molecular formula is C37H39N7O. The summed E-state index contributed by atoms with van der Waals surface area (Å²) >= 11 is 0. The Morgan fingerprint density at radius 2 is 1.58 bits per heavy atom. The summed E-state index contributed by atoms with van der Waals surface area (Å²) in [6.07, 6.45) is 3.88. The number of rotatable bonds is 8. The topological polar surface area (TPSA) is 85.4 Å². The van der Waals surface area contributed by atoms with Crippen LogP contribution in [0, 0.1) is 0 Å². The zero-order valence-electron chi connectivity index (χ0n) is 25.7. The van der Waals surface area contributed by atoms with Crippen molar-refractivity contribution in [3.05, 3.63) is 114 Å². The van der Waals surface area contributed by atoms with Gasteiger partial charge in [-0.25, -0.2) is 14.8 Å². The van der Waals surface area contributed by atoms with Crippen molar-refractivity contribution >= 4 is 34.1 Å². The first-order valence-corrected chi connectivity index (χ1v) is 15.9. The van der Waals surface area contributed by atoms with Crippen molar-refractivity contribution < 1.29 is 4.79 Å². The molecule has 1 fully saturated rings. The van der Waals surface area contributed by atoms with Crippen LogP contribution in [0.2, 0.25) is 0 Å². The van der Waals surface area contributed by atoms with E-state index in [1.807, 2.05) is 54.7 Å². The lowest BCUT2D eigenvalue weighted by Crippen LogP contribution is -2.44. The lowest BCUT2D eigenvalue weighted by Gasteiger charge is -2.32. The van der Waals surface area contributed by atoms with E-state index in [0.717, 1.165) is 91.1 Å². The molecule has 0 spiro atoms. The first kappa shape index (κ1) is 29.0. The van der Waals surface area contributed by atoms with Gasteiger partial charge in [-0.15, -0.1) is 0 Å². The van der Waals surface area contributed by atoms with Gasteiger partial charge in [0.25, 0.3) is 0 Å². The van der Waals surface area contributed by atoms with Crippen LogP contribution in [-0.4, -0.2) is 72.1 Å². The number of carbonyl (C=O) groups excluding carboxylic acids is 1. The summed E-state index contributed by atoms with van der Waals surface area (Å²) in [7, 11) is 2.19. The van der Waals surface area contributed by atoms with Gasteiger partial charge in [0.2, 0.25) is 5.95 Å².